The van der Waals surface area contributed by atoms with Crippen LogP contribution < -0.4 is 5.73 Å². The highest BCUT2D eigenvalue weighted by Crippen LogP contribution is 2.17. The van der Waals surface area contributed by atoms with Crippen LogP contribution in [0.2, 0.25) is 0 Å². The molecule has 0 radical (unpaired) electrons. The third-order valence-electron chi connectivity index (χ3n) is 2.81. The van der Waals surface area contributed by atoms with Crippen molar-refractivity contribution in [3.8, 4) is 0 Å². The van der Waals surface area contributed by atoms with Crippen LogP contribution in [-0.2, 0) is 6.42 Å². The first-order valence-corrected chi connectivity index (χ1v) is 6.36. The number of pyridine rings is 1. The maximum atomic E-state index is 12.2. The van der Waals surface area contributed by atoms with E-state index in [4.69, 9.17) is 5.73 Å². The van der Waals surface area contributed by atoms with Gasteiger partial charge in [-0.3, -0.25) is 9.78 Å². The van der Waals surface area contributed by atoms with Crippen molar-refractivity contribution in [3.63, 3.8) is 0 Å². The molecular formula is C14H13BrN2O. The average molecular weight is 305 g/mol. The number of carbonyl (C=O) groups excluding carboxylic acids is 1. The van der Waals surface area contributed by atoms with Crippen LogP contribution in [0, 0.1) is 6.92 Å². The van der Waals surface area contributed by atoms with E-state index < -0.39 is 0 Å². The van der Waals surface area contributed by atoms with E-state index >= 15 is 0 Å². The quantitative estimate of drug-likeness (QED) is 0.700. The highest BCUT2D eigenvalue weighted by atomic mass is 79.9. The number of rotatable bonds is 3. The van der Waals surface area contributed by atoms with E-state index in [0.29, 0.717) is 11.3 Å². The Kier molecular flexibility index (Phi) is 3.77. The number of carbonyl (C=O) groups is 1. The Balaban J connectivity index is 2.22. The molecule has 2 N–H and O–H groups in total. The third-order valence-corrected chi connectivity index (χ3v) is 3.28. The van der Waals surface area contributed by atoms with Crippen LogP contribution in [0.4, 0.5) is 5.69 Å². The fraction of sp³-hybridized carbons (Fsp3) is 0.143. The Morgan fingerprint density at radius 2 is 2.11 bits per heavy atom. The number of hydrogen-bond donors (Lipinski definition) is 1. The van der Waals surface area contributed by atoms with Gasteiger partial charge in [0, 0.05) is 27.6 Å². The van der Waals surface area contributed by atoms with Gasteiger partial charge in [-0.05, 0) is 46.6 Å². The summed E-state index contributed by atoms with van der Waals surface area (Å²) in [6, 6.07) is 9.10. The summed E-state index contributed by atoms with van der Waals surface area (Å²) in [6.45, 7) is 1.86. The van der Waals surface area contributed by atoms with Crippen LogP contribution in [0.5, 0.6) is 0 Å². The van der Waals surface area contributed by atoms with E-state index in [9.17, 15) is 4.79 Å². The minimum absolute atomic E-state index is 0.0367. The zero-order chi connectivity index (χ0) is 13.1. The van der Waals surface area contributed by atoms with E-state index in [1.54, 1.807) is 24.4 Å². The maximum Gasteiger partial charge on any atom is 0.169 e. The fourth-order valence-electron chi connectivity index (χ4n) is 1.73. The number of nitrogen functional groups attached to an aromatic ring is 1. The molecule has 0 aliphatic rings. The molecule has 0 saturated carbocycles. The van der Waals surface area contributed by atoms with Crippen LogP contribution in [0.25, 0.3) is 0 Å². The van der Waals surface area contributed by atoms with E-state index in [-0.39, 0.29) is 12.2 Å². The summed E-state index contributed by atoms with van der Waals surface area (Å²) in [5.74, 6) is 0.0367. The molecule has 4 heteroatoms. The summed E-state index contributed by atoms with van der Waals surface area (Å²) >= 11 is 3.31. The smallest absolute Gasteiger partial charge is 0.169 e. The molecule has 0 aliphatic carbocycles. The summed E-state index contributed by atoms with van der Waals surface area (Å²) in [5.41, 5.74) is 8.69. The number of aromatic nitrogens is 1. The molecule has 1 aromatic carbocycles. The Labute approximate surface area is 114 Å². The lowest BCUT2D eigenvalue weighted by molar-refractivity contribution is 0.0991. The highest BCUT2D eigenvalue weighted by molar-refractivity contribution is 9.10. The molecule has 2 rings (SSSR count). The number of hydrogen-bond acceptors (Lipinski definition) is 3. The van der Waals surface area contributed by atoms with Crippen molar-refractivity contribution in [1.29, 1.82) is 0 Å². The SMILES string of the molecule is Cc1c(N)cccc1C(=O)Cc1ccc(Br)cn1. The number of Topliss-reactive ketones (excluding diaryl/α,β-unsaturated/α-hetero) is 1. The Morgan fingerprint density at radius 1 is 1.33 bits per heavy atom. The van der Waals surface area contributed by atoms with Gasteiger partial charge in [0.2, 0.25) is 0 Å². The minimum atomic E-state index is 0.0367. The van der Waals surface area contributed by atoms with Gasteiger partial charge in [0.25, 0.3) is 0 Å². The lowest BCUT2D eigenvalue weighted by Gasteiger charge is -2.07. The molecule has 18 heavy (non-hydrogen) atoms. The van der Waals surface area contributed by atoms with Gasteiger partial charge in [0.15, 0.2) is 5.78 Å². The third kappa shape index (κ3) is 2.76. The molecule has 92 valence electrons. The lowest BCUT2D eigenvalue weighted by Crippen LogP contribution is -2.08. The number of nitrogens with two attached hydrogens (primary N) is 1. The first kappa shape index (κ1) is 12.8. The average Bonchev–Trinajstić information content (AvgIpc) is 2.35. The van der Waals surface area contributed by atoms with Crippen LogP contribution in [0.15, 0.2) is 41.0 Å². The van der Waals surface area contributed by atoms with Gasteiger partial charge < -0.3 is 5.73 Å². The number of halogens is 1. The molecule has 1 aromatic heterocycles. The second kappa shape index (κ2) is 5.31. The van der Waals surface area contributed by atoms with Crippen LogP contribution >= 0.6 is 15.9 Å². The van der Waals surface area contributed by atoms with Gasteiger partial charge in [0.1, 0.15) is 0 Å². The molecule has 0 aliphatic heterocycles. The number of nitrogens with zero attached hydrogens (tertiary/aromatic N) is 1. The predicted molar refractivity (Wildman–Crippen MR) is 75.6 cm³/mol. The van der Waals surface area contributed by atoms with E-state index in [1.165, 1.54) is 0 Å². The summed E-state index contributed by atoms with van der Waals surface area (Å²) < 4.78 is 0.902. The van der Waals surface area contributed by atoms with Gasteiger partial charge in [-0.2, -0.15) is 0 Å². The molecule has 1 heterocycles. The van der Waals surface area contributed by atoms with Gasteiger partial charge in [0.05, 0.1) is 6.42 Å². The first-order chi connectivity index (χ1) is 8.58. The number of benzene rings is 1. The Hall–Kier alpha value is -1.68. The molecule has 0 unspecified atom stereocenters. The molecule has 3 nitrogen and oxygen atoms in total. The van der Waals surface area contributed by atoms with Crippen molar-refractivity contribution in [1.82, 2.24) is 4.98 Å². The molecule has 0 amide bonds. The van der Waals surface area contributed by atoms with Gasteiger partial charge >= 0.3 is 0 Å². The van der Waals surface area contributed by atoms with Crippen molar-refractivity contribution in [3.05, 3.63) is 57.8 Å². The largest absolute Gasteiger partial charge is 0.398 e. The second-order valence-electron chi connectivity index (χ2n) is 4.09. The summed E-state index contributed by atoms with van der Waals surface area (Å²) in [6.07, 6.45) is 1.98. The van der Waals surface area contributed by atoms with Crippen LogP contribution in [-0.4, -0.2) is 10.8 Å². The number of ketones is 1. The van der Waals surface area contributed by atoms with Crippen molar-refractivity contribution < 1.29 is 4.79 Å². The number of anilines is 1. The monoisotopic (exact) mass is 304 g/mol. The van der Waals surface area contributed by atoms with Crippen molar-refractivity contribution >= 4 is 27.4 Å². The Morgan fingerprint density at radius 3 is 2.78 bits per heavy atom. The standard InChI is InChI=1S/C14H13BrN2O/c1-9-12(3-2-4-13(9)16)14(18)7-11-6-5-10(15)8-17-11/h2-6,8H,7,16H2,1H3. The van der Waals surface area contributed by atoms with E-state index in [2.05, 4.69) is 20.9 Å². The van der Waals surface area contributed by atoms with Gasteiger partial charge in [-0.25, -0.2) is 0 Å². The predicted octanol–water partition coefficient (Wildman–Crippen LogP) is 3.16. The molecule has 0 saturated heterocycles. The van der Waals surface area contributed by atoms with E-state index in [1.807, 2.05) is 19.1 Å². The van der Waals surface area contributed by atoms with Gasteiger partial charge in [-0.15, -0.1) is 0 Å². The van der Waals surface area contributed by atoms with Crippen LogP contribution in [0.1, 0.15) is 21.6 Å². The highest BCUT2D eigenvalue weighted by Gasteiger charge is 2.11. The maximum absolute atomic E-state index is 12.2. The van der Waals surface area contributed by atoms with Gasteiger partial charge in [-0.1, -0.05) is 12.1 Å². The summed E-state index contributed by atoms with van der Waals surface area (Å²) in [4.78, 5) is 16.4. The molecule has 0 spiro atoms. The van der Waals surface area contributed by atoms with E-state index in [0.717, 1.165) is 15.7 Å². The Bertz CT molecular complexity index is 579. The molecule has 0 fully saturated rings. The van der Waals surface area contributed by atoms with Crippen molar-refractivity contribution in [2.45, 2.75) is 13.3 Å². The second-order valence-corrected chi connectivity index (χ2v) is 5.00. The first-order valence-electron chi connectivity index (χ1n) is 5.56. The molecule has 0 atom stereocenters. The zero-order valence-corrected chi connectivity index (χ0v) is 11.6. The molecule has 0 bridgehead atoms. The topological polar surface area (TPSA) is 56.0 Å². The summed E-state index contributed by atoms with van der Waals surface area (Å²) in [7, 11) is 0. The summed E-state index contributed by atoms with van der Waals surface area (Å²) in [5, 5.41) is 0. The van der Waals surface area contributed by atoms with Crippen molar-refractivity contribution in [2.24, 2.45) is 0 Å². The lowest BCUT2D eigenvalue weighted by atomic mass is 10.00. The molecule has 2 aromatic rings. The fourth-order valence-corrected chi connectivity index (χ4v) is 1.96. The minimum Gasteiger partial charge on any atom is -0.398 e. The molecular weight excluding hydrogens is 292 g/mol. The normalized spacial score (nSPS) is 10.3. The van der Waals surface area contributed by atoms with Crippen LogP contribution in [0.3, 0.4) is 0 Å². The zero-order valence-electron chi connectivity index (χ0n) is 9.98. The van der Waals surface area contributed by atoms with Crippen molar-refractivity contribution in [2.75, 3.05) is 5.73 Å².